The van der Waals surface area contributed by atoms with E-state index in [2.05, 4.69) is 0 Å². The number of aliphatic hydroxyl groups excluding tert-OH is 1. The summed E-state index contributed by atoms with van der Waals surface area (Å²) >= 11 is 1.27. The van der Waals surface area contributed by atoms with Crippen LogP contribution in [0.15, 0.2) is 96.6 Å². The molecule has 0 radical (unpaired) electrons. The molecule has 7 rings (SSSR count). The Kier molecular flexibility index (Phi) is 7.56. The normalized spacial score (nSPS) is 17.1. The summed E-state index contributed by atoms with van der Waals surface area (Å²) in [6.07, 6.45) is 0. The van der Waals surface area contributed by atoms with Gasteiger partial charge in [0.2, 0.25) is 0 Å². The predicted molar refractivity (Wildman–Crippen MR) is 170 cm³/mol. The molecule has 1 saturated heterocycles. The van der Waals surface area contributed by atoms with E-state index in [9.17, 15) is 14.7 Å². The van der Waals surface area contributed by atoms with E-state index in [4.69, 9.17) is 23.9 Å². The Balaban J connectivity index is 1.30. The summed E-state index contributed by atoms with van der Waals surface area (Å²) in [7, 11) is 0. The minimum Gasteiger partial charge on any atom is -0.507 e. The van der Waals surface area contributed by atoms with Gasteiger partial charge in [-0.2, -0.15) is 0 Å². The predicted octanol–water partition coefficient (Wildman–Crippen LogP) is 6.67. The van der Waals surface area contributed by atoms with Crippen LogP contribution in [0.2, 0.25) is 0 Å². The first-order valence-electron chi connectivity index (χ1n) is 14.5. The lowest BCUT2D eigenvalue weighted by atomic mass is 9.95. The van der Waals surface area contributed by atoms with Crippen molar-refractivity contribution in [2.45, 2.75) is 19.6 Å². The van der Waals surface area contributed by atoms with Gasteiger partial charge in [0.05, 0.1) is 28.4 Å². The highest BCUT2D eigenvalue weighted by Gasteiger charge is 2.48. The van der Waals surface area contributed by atoms with Crippen LogP contribution in [0, 0.1) is 0 Å². The third-order valence-electron chi connectivity index (χ3n) is 7.57. The van der Waals surface area contributed by atoms with Gasteiger partial charge >= 0.3 is 5.91 Å². The van der Waals surface area contributed by atoms with Crippen molar-refractivity contribution in [1.82, 2.24) is 4.98 Å². The number of thiazole rings is 1. The molecule has 0 bridgehead atoms. The van der Waals surface area contributed by atoms with E-state index >= 15 is 0 Å². The molecule has 1 aromatic heterocycles. The van der Waals surface area contributed by atoms with Crippen LogP contribution in [0.5, 0.6) is 23.0 Å². The van der Waals surface area contributed by atoms with Crippen molar-refractivity contribution in [3.63, 3.8) is 0 Å². The van der Waals surface area contributed by atoms with Crippen LogP contribution >= 0.6 is 11.3 Å². The van der Waals surface area contributed by atoms with Crippen LogP contribution in [-0.4, -0.2) is 41.6 Å². The van der Waals surface area contributed by atoms with Gasteiger partial charge in [0.25, 0.3) is 5.78 Å². The van der Waals surface area contributed by atoms with Crippen LogP contribution in [0.25, 0.3) is 16.0 Å². The highest BCUT2D eigenvalue weighted by Crippen LogP contribution is 2.45. The molecule has 0 unspecified atom stereocenters. The van der Waals surface area contributed by atoms with E-state index < -0.39 is 17.7 Å². The van der Waals surface area contributed by atoms with Crippen molar-refractivity contribution >= 4 is 44.1 Å². The second-order valence-corrected chi connectivity index (χ2v) is 11.4. The summed E-state index contributed by atoms with van der Waals surface area (Å²) in [6, 6.07) is 26.4. The molecule has 1 amide bonds. The fraction of sp³-hybridized carbons (Fsp3) is 0.171. The summed E-state index contributed by atoms with van der Waals surface area (Å²) < 4.78 is 23.7. The Labute approximate surface area is 262 Å². The molecule has 45 heavy (non-hydrogen) atoms. The Hall–Kier alpha value is -5.35. The number of aromatic nitrogens is 1. The van der Waals surface area contributed by atoms with E-state index in [0.717, 1.165) is 10.3 Å². The first-order valence-corrected chi connectivity index (χ1v) is 15.3. The maximum Gasteiger partial charge on any atom is 0.301 e. The summed E-state index contributed by atoms with van der Waals surface area (Å²) in [5.74, 6) is 0.382. The molecule has 1 N–H and O–H groups in total. The van der Waals surface area contributed by atoms with Crippen molar-refractivity contribution in [2.24, 2.45) is 0 Å². The summed E-state index contributed by atoms with van der Waals surface area (Å²) in [5, 5.41) is 12.0. The molecule has 5 aromatic rings. The molecule has 2 aliphatic heterocycles. The third-order valence-corrected chi connectivity index (χ3v) is 8.59. The number of nitrogens with zero attached hydrogens (tertiary/aromatic N) is 2. The van der Waals surface area contributed by atoms with Gasteiger partial charge in [-0.05, 0) is 66.6 Å². The molecule has 1 atom stereocenters. The standard InChI is InChI=1S/C35H28N2O7S/c1-2-41-25-13-14-26-29(19-25)45-35(36-26)37-31(22-8-11-24(12-9-22)44-20-21-6-4-3-5-7-21)30(33(39)34(37)40)32(38)23-10-15-27-28(18-23)43-17-16-42-27/h3-15,18-19,31,38H,2,16-17,20H2,1H3/b32-30+/t31-/m1/s1. The number of hydrogen-bond acceptors (Lipinski definition) is 9. The number of Topliss-reactive ketones (excluding diaryl/α,β-unsaturated/α-hetero) is 1. The molecule has 0 spiro atoms. The van der Waals surface area contributed by atoms with Crippen molar-refractivity contribution in [3.8, 4) is 23.0 Å². The average Bonchev–Trinajstić information content (AvgIpc) is 3.61. The number of fused-ring (bicyclic) bond motifs is 2. The van der Waals surface area contributed by atoms with E-state index in [1.165, 1.54) is 16.2 Å². The molecule has 9 nitrogen and oxygen atoms in total. The molecule has 2 aliphatic rings. The zero-order valence-corrected chi connectivity index (χ0v) is 25.1. The molecule has 1 fully saturated rings. The first-order chi connectivity index (χ1) is 22.0. The van der Waals surface area contributed by atoms with Gasteiger partial charge in [-0.1, -0.05) is 53.8 Å². The van der Waals surface area contributed by atoms with Crippen molar-refractivity contribution in [1.29, 1.82) is 0 Å². The van der Waals surface area contributed by atoms with Gasteiger partial charge in [-0.3, -0.25) is 14.5 Å². The van der Waals surface area contributed by atoms with Gasteiger partial charge < -0.3 is 24.1 Å². The second kappa shape index (κ2) is 12.0. The highest BCUT2D eigenvalue weighted by molar-refractivity contribution is 7.22. The summed E-state index contributed by atoms with van der Waals surface area (Å²) in [6.45, 7) is 3.59. The molecule has 0 aliphatic carbocycles. The number of benzene rings is 4. The lowest BCUT2D eigenvalue weighted by Crippen LogP contribution is -2.29. The largest absolute Gasteiger partial charge is 0.507 e. The topological polar surface area (TPSA) is 107 Å². The zero-order chi connectivity index (χ0) is 30.9. The smallest absolute Gasteiger partial charge is 0.301 e. The Morgan fingerprint density at radius 2 is 1.67 bits per heavy atom. The maximum absolute atomic E-state index is 13.7. The Bertz CT molecular complexity index is 1940. The Morgan fingerprint density at radius 3 is 2.44 bits per heavy atom. The minimum absolute atomic E-state index is 0.0520. The van der Waals surface area contributed by atoms with Crippen molar-refractivity contribution in [3.05, 3.63) is 113 Å². The zero-order valence-electron chi connectivity index (χ0n) is 24.3. The number of ketones is 1. The first kappa shape index (κ1) is 28.4. The number of hydrogen-bond donors (Lipinski definition) is 1. The van der Waals surface area contributed by atoms with Crippen LogP contribution in [0.4, 0.5) is 5.13 Å². The van der Waals surface area contributed by atoms with Crippen LogP contribution < -0.4 is 23.8 Å². The van der Waals surface area contributed by atoms with Crippen LogP contribution in [-0.2, 0) is 16.2 Å². The minimum atomic E-state index is -0.951. The van der Waals surface area contributed by atoms with Gasteiger partial charge in [0.15, 0.2) is 16.6 Å². The highest BCUT2D eigenvalue weighted by atomic mass is 32.1. The summed E-state index contributed by atoms with van der Waals surface area (Å²) in [5.41, 5.74) is 2.57. The van der Waals surface area contributed by atoms with E-state index in [1.54, 1.807) is 42.5 Å². The van der Waals surface area contributed by atoms with E-state index in [0.29, 0.717) is 71.2 Å². The number of anilines is 1. The molecule has 10 heteroatoms. The maximum atomic E-state index is 13.7. The number of carbonyl (C=O) groups excluding carboxylic acids is 2. The number of aliphatic hydroxyl groups is 1. The quantitative estimate of drug-likeness (QED) is 0.116. The van der Waals surface area contributed by atoms with Gasteiger partial charge in [-0.15, -0.1) is 0 Å². The monoisotopic (exact) mass is 620 g/mol. The van der Waals surface area contributed by atoms with E-state index in [1.807, 2.05) is 55.5 Å². The molecule has 4 aromatic carbocycles. The molecular weight excluding hydrogens is 592 g/mol. The number of rotatable bonds is 8. The average molecular weight is 621 g/mol. The van der Waals surface area contributed by atoms with Crippen LogP contribution in [0.3, 0.4) is 0 Å². The van der Waals surface area contributed by atoms with Gasteiger partial charge in [0, 0.05) is 5.56 Å². The fourth-order valence-corrected chi connectivity index (χ4v) is 6.45. The third kappa shape index (κ3) is 5.44. The fourth-order valence-electron chi connectivity index (χ4n) is 5.43. The second-order valence-electron chi connectivity index (χ2n) is 10.4. The van der Waals surface area contributed by atoms with Crippen molar-refractivity contribution < 1.29 is 33.6 Å². The number of amides is 1. The van der Waals surface area contributed by atoms with Gasteiger partial charge in [-0.25, -0.2) is 4.98 Å². The lowest BCUT2D eigenvalue weighted by molar-refractivity contribution is -0.132. The van der Waals surface area contributed by atoms with Crippen LogP contribution in [0.1, 0.15) is 29.7 Å². The molecule has 0 saturated carbocycles. The Morgan fingerprint density at radius 1 is 0.911 bits per heavy atom. The number of carbonyl (C=O) groups is 2. The number of ether oxygens (including phenoxy) is 4. The molecule has 3 heterocycles. The molecular formula is C35H28N2O7S. The van der Waals surface area contributed by atoms with E-state index in [-0.39, 0.29) is 11.3 Å². The SMILES string of the molecule is CCOc1ccc2nc(N3C(=O)C(=O)/C(=C(/O)c4ccc5c(c4)OCCO5)[C@H]3c3ccc(OCc4ccccc4)cc3)sc2c1. The lowest BCUT2D eigenvalue weighted by Gasteiger charge is -2.23. The van der Waals surface area contributed by atoms with Gasteiger partial charge in [0.1, 0.15) is 37.1 Å². The van der Waals surface area contributed by atoms with Crippen molar-refractivity contribution in [2.75, 3.05) is 24.7 Å². The summed E-state index contributed by atoms with van der Waals surface area (Å²) in [4.78, 5) is 33.5. The molecule has 226 valence electrons.